The van der Waals surface area contributed by atoms with Crippen molar-refractivity contribution in [2.45, 2.75) is 90.6 Å². The third kappa shape index (κ3) is 12.8. The molecule has 0 heterocycles. The Kier molecular flexibility index (Phi) is 14.5. The molecule has 1 rings (SSSR count). The van der Waals surface area contributed by atoms with Crippen LogP contribution in [0.1, 0.15) is 78.6 Å². The number of unbranched alkanes of at least 4 members (excludes halogenated alkanes) is 3. The highest BCUT2D eigenvalue weighted by Crippen LogP contribution is 2.18. The fourth-order valence-electron chi connectivity index (χ4n) is 2.46. The van der Waals surface area contributed by atoms with Crippen molar-refractivity contribution in [2.24, 2.45) is 4.99 Å². The number of carbonyl (C=O) groups is 1. The van der Waals surface area contributed by atoms with Crippen LogP contribution in [-0.2, 0) is 4.79 Å². The van der Waals surface area contributed by atoms with E-state index in [4.69, 9.17) is 0 Å². The van der Waals surface area contributed by atoms with Crippen LogP contribution in [0.5, 0.6) is 0 Å². The zero-order valence-corrected chi connectivity index (χ0v) is 18.0. The number of carbonyl (C=O) groups excluding carboxylic acids is 1. The van der Waals surface area contributed by atoms with Crippen LogP contribution < -0.4 is 16.0 Å². The maximum Gasteiger partial charge on any atom is 0.220 e. The quantitative estimate of drug-likeness (QED) is 0.184. The van der Waals surface area contributed by atoms with E-state index < -0.39 is 0 Å². The minimum absolute atomic E-state index is 0. The van der Waals surface area contributed by atoms with Gasteiger partial charge in [0.1, 0.15) is 0 Å². The second-order valence-electron chi connectivity index (χ2n) is 6.60. The number of aliphatic imine (C=N–C) groups is 1. The second kappa shape index (κ2) is 14.8. The van der Waals surface area contributed by atoms with Crippen LogP contribution in [0.15, 0.2) is 4.99 Å². The van der Waals surface area contributed by atoms with Gasteiger partial charge >= 0.3 is 0 Å². The first-order chi connectivity index (χ1) is 11.2. The average Bonchev–Trinajstić information content (AvgIpc) is 3.32. The lowest BCUT2D eigenvalue weighted by atomic mass is 10.1. The van der Waals surface area contributed by atoms with E-state index in [-0.39, 0.29) is 29.9 Å². The molecule has 3 N–H and O–H groups in total. The molecule has 1 unspecified atom stereocenters. The summed E-state index contributed by atoms with van der Waals surface area (Å²) in [6.45, 7) is 8.07. The van der Waals surface area contributed by atoms with Crippen molar-refractivity contribution in [1.82, 2.24) is 16.0 Å². The van der Waals surface area contributed by atoms with Crippen LogP contribution in [0.3, 0.4) is 0 Å². The van der Waals surface area contributed by atoms with Crippen LogP contribution in [0.25, 0.3) is 0 Å². The van der Waals surface area contributed by atoms with Crippen LogP contribution >= 0.6 is 24.0 Å². The molecule has 1 atom stereocenters. The van der Waals surface area contributed by atoms with Gasteiger partial charge in [-0.25, -0.2) is 0 Å². The Labute approximate surface area is 165 Å². The van der Waals surface area contributed by atoms with Gasteiger partial charge in [0.2, 0.25) is 5.91 Å². The number of halogens is 1. The minimum atomic E-state index is 0. The van der Waals surface area contributed by atoms with Gasteiger partial charge in [-0.1, -0.05) is 32.6 Å². The molecular formula is C18H37IN4O. The molecule has 0 spiro atoms. The Balaban J connectivity index is 0.00000529. The molecule has 24 heavy (non-hydrogen) atoms. The summed E-state index contributed by atoms with van der Waals surface area (Å²) in [5.74, 6) is 1.04. The van der Waals surface area contributed by atoms with Crippen molar-refractivity contribution in [3.8, 4) is 0 Å². The molecule has 0 radical (unpaired) electrons. The van der Waals surface area contributed by atoms with Gasteiger partial charge in [-0.3, -0.25) is 9.79 Å². The van der Waals surface area contributed by atoms with E-state index >= 15 is 0 Å². The maximum absolute atomic E-state index is 11.6. The summed E-state index contributed by atoms with van der Waals surface area (Å²) in [5.41, 5.74) is 0. The van der Waals surface area contributed by atoms with Crippen LogP contribution in [-0.4, -0.2) is 37.0 Å². The molecule has 0 aliphatic heterocycles. The first-order valence-electron chi connectivity index (χ1n) is 9.49. The van der Waals surface area contributed by atoms with Gasteiger partial charge in [-0.15, -0.1) is 24.0 Å². The standard InChI is InChI=1S/C18H36N4O.HI/c1-4-6-7-8-10-15(3)21-18(19-5-2)20-14-9-11-17(23)22-16-12-13-16;/h15-16H,4-14H2,1-3H3,(H,22,23)(H2,19,20,21);1H. The number of nitrogens with one attached hydrogen (secondary N) is 3. The van der Waals surface area contributed by atoms with Gasteiger partial charge in [-0.2, -0.15) is 0 Å². The molecule has 5 nitrogen and oxygen atoms in total. The monoisotopic (exact) mass is 452 g/mol. The normalized spacial score (nSPS) is 15.4. The Hall–Kier alpha value is -0.530. The number of guanidine groups is 1. The lowest BCUT2D eigenvalue weighted by molar-refractivity contribution is -0.121. The Morgan fingerprint density at radius 3 is 2.54 bits per heavy atom. The molecule has 0 aromatic rings. The van der Waals surface area contributed by atoms with E-state index in [0.717, 1.165) is 31.8 Å². The number of amides is 1. The highest BCUT2D eigenvalue weighted by molar-refractivity contribution is 14.0. The molecule has 6 heteroatoms. The number of nitrogens with zero attached hydrogens (tertiary/aromatic N) is 1. The van der Waals surface area contributed by atoms with Gasteiger partial charge < -0.3 is 16.0 Å². The summed E-state index contributed by atoms with van der Waals surface area (Å²) in [6.07, 6.45) is 10.0. The molecule has 0 saturated heterocycles. The summed E-state index contributed by atoms with van der Waals surface area (Å²) in [4.78, 5) is 16.2. The molecule has 0 aromatic carbocycles. The third-order valence-corrected chi connectivity index (χ3v) is 3.99. The van der Waals surface area contributed by atoms with E-state index in [1.165, 1.54) is 32.1 Å². The first kappa shape index (κ1) is 23.5. The van der Waals surface area contributed by atoms with E-state index in [9.17, 15) is 4.79 Å². The lowest BCUT2D eigenvalue weighted by Gasteiger charge is -2.17. The maximum atomic E-state index is 11.6. The van der Waals surface area contributed by atoms with Crippen LogP contribution in [0.2, 0.25) is 0 Å². The smallest absolute Gasteiger partial charge is 0.220 e. The van der Waals surface area contributed by atoms with E-state index in [0.29, 0.717) is 25.0 Å². The number of hydrogen-bond acceptors (Lipinski definition) is 2. The molecule has 1 saturated carbocycles. The zero-order chi connectivity index (χ0) is 16.9. The van der Waals surface area contributed by atoms with Crippen molar-refractivity contribution in [1.29, 1.82) is 0 Å². The van der Waals surface area contributed by atoms with E-state index in [2.05, 4.69) is 41.7 Å². The summed E-state index contributed by atoms with van der Waals surface area (Å²) in [6, 6.07) is 0.890. The van der Waals surface area contributed by atoms with Crippen LogP contribution in [0.4, 0.5) is 0 Å². The van der Waals surface area contributed by atoms with Gasteiger partial charge in [0.15, 0.2) is 5.96 Å². The minimum Gasteiger partial charge on any atom is -0.357 e. The van der Waals surface area contributed by atoms with Crippen LogP contribution in [0, 0.1) is 0 Å². The average molecular weight is 452 g/mol. The molecule has 0 bridgehead atoms. The number of rotatable bonds is 12. The highest BCUT2D eigenvalue weighted by atomic mass is 127. The largest absolute Gasteiger partial charge is 0.357 e. The molecule has 142 valence electrons. The lowest BCUT2D eigenvalue weighted by Crippen LogP contribution is -2.42. The van der Waals surface area contributed by atoms with E-state index in [1.807, 2.05) is 0 Å². The third-order valence-electron chi connectivity index (χ3n) is 3.99. The Morgan fingerprint density at radius 2 is 1.92 bits per heavy atom. The van der Waals surface area contributed by atoms with Crippen molar-refractivity contribution >= 4 is 35.8 Å². The fourth-order valence-corrected chi connectivity index (χ4v) is 2.46. The van der Waals surface area contributed by atoms with Gasteiger partial charge in [-0.05, 0) is 39.5 Å². The molecule has 1 aliphatic rings. The molecule has 0 aromatic heterocycles. The zero-order valence-electron chi connectivity index (χ0n) is 15.7. The SMILES string of the molecule is CCCCCCC(C)NC(=NCCCC(=O)NC1CC1)NCC.I. The Morgan fingerprint density at radius 1 is 1.17 bits per heavy atom. The van der Waals surface area contributed by atoms with E-state index in [1.54, 1.807) is 0 Å². The van der Waals surface area contributed by atoms with Gasteiger partial charge in [0.05, 0.1) is 0 Å². The number of hydrogen-bond donors (Lipinski definition) is 3. The predicted octanol–water partition coefficient (Wildman–Crippen LogP) is 3.58. The van der Waals surface area contributed by atoms with Crippen molar-refractivity contribution in [3.63, 3.8) is 0 Å². The highest BCUT2D eigenvalue weighted by Gasteiger charge is 2.22. The second-order valence-corrected chi connectivity index (χ2v) is 6.60. The first-order valence-corrected chi connectivity index (χ1v) is 9.49. The van der Waals surface area contributed by atoms with Crippen molar-refractivity contribution < 1.29 is 4.79 Å². The molecule has 1 amide bonds. The van der Waals surface area contributed by atoms with Crippen molar-refractivity contribution in [3.05, 3.63) is 0 Å². The topological polar surface area (TPSA) is 65.5 Å². The summed E-state index contributed by atoms with van der Waals surface area (Å²) >= 11 is 0. The predicted molar refractivity (Wildman–Crippen MR) is 113 cm³/mol. The molecule has 1 aliphatic carbocycles. The summed E-state index contributed by atoms with van der Waals surface area (Å²) < 4.78 is 0. The van der Waals surface area contributed by atoms with Gasteiger partial charge in [0.25, 0.3) is 0 Å². The summed E-state index contributed by atoms with van der Waals surface area (Å²) in [7, 11) is 0. The molecular weight excluding hydrogens is 415 g/mol. The Bertz CT molecular complexity index is 359. The molecule has 1 fully saturated rings. The fraction of sp³-hybridized carbons (Fsp3) is 0.889. The van der Waals surface area contributed by atoms with Gasteiger partial charge in [0, 0.05) is 31.6 Å². The summed E-state index contributed by atoms with van der Waals surface area (Å²) in [5, 5.41) is 9.76. The van der Waals surface area contributed by atoms with Crippen molar-refractivity contribution in [2.75, 3.05) is 13.1 Å².